The number of rotatable bonds is 9. The first-order valence-electron chi connectivity index (χ1n) is 12.1. The number of imidazole rings is 1. The van der Waals surface area contributed by atoms with Gasteiger partial charge in [-0.2, -0.15) is 0 Å². The molecule has 1 saturated carbocycles. The molecule has 1 aliphatic heterocycles. The summed E-state index contributed by atoms with van der Waals surface area (Å²) >= 11 is 0. The van der Waals surface area contributed by atoms with E-state index < -0.39 is 11.3 Å². The lowest BCUT2D eigenvalue weighted by molar-refractivity contribution is -0.389. The molecule has 0 N–H and O–H groups in total. The molecule has 0 saturated heterocycles. The molecule has 1 fully saturated rings. The SMILES string of the molecule is O=[N+]([O-])c1cn2c(n1)OC[C@@H](OCc1cnc(N(CC3CCCC3)c3ccc(OC(F)(F)F)cc3)nc1)C2. The molecule has 5 rings (SSSR count). The van der Waals surface area contributed by atoms with Crippen molar-refractivity contribution in [2.24, 2.45) is 5.92 Å². The van der Waals surface area contributed by atoms with Gasteiger partial charge in [-0.3, -0.25) is 4.57 Å². The molecule has 0 spiro atoms. The summed E-state index contributed by atoms with van der Waals surface area (Å²) in [5.74, 6) is 0.290. The minimum Gasteiger partial charge on any atom is -0.443 e. The Bertz CT molecular complexity index is 1250. The summed E-state index contributed by atoms with van der Waals surface area (Å²) < 4.78 is 54.6. The van der Waals surface area contributed by atoms with Gasteiger partial charge in [0.2, 0.25) is 5.95 Å². The summed E-state index contributed by atoms with van der Waals surface area (Å²) in [7, 11) is 0. The van der Waals surface area contributed by atoms with Gasteiger partial charge < -0.3 is 29.2 Å². The Kier molecular flexibility index (Phi) is 7.31. The van der Waals surface area contributed by atoms with Crippen LogP contribution in [-0.4, -0.2) is 50.1 Å². The van der Waals surface area contributed by atoms with Gasteiger partial charge in [-0.05, 0) is 47.9 Å². The highest BCUT2D eigenvalue weighted by Crippen LogP contribution is 2.32. The van der Waals surface area contributed by atoms with Gasteiger partial charge in [0.15, 0.2) is 0 Å². The van der Waals surface area contributed by atoms with Crippen LogP contribution in [0.15, 0.2) is 42.9 Å². The Morgan fingerprint density at radius 3 is 2.53 bits per heavy atom. The topological polar surface area (TPSA) is 118 Å². The van der Waals surface area contributed by atoms with E-state index in [1.165, 1.54) is 22.9 Å². The van der Waals surface area contributed by atoms with E-state index in [1.807, 2.05) is 4.90 Å². The number of halogens is 3. The molecule has 14 heteroatoms. The maximum atomic E-state index is 12.6. The molecule has 1 aromatic carbocycles. The molecule has 3 aromatic rings. The Morgan fingerprint density at radius 1 is 1.16 bits per heavy atom. The number of ether oxygens (including phenoxy) is 3. The van der Waals surface area contributed by atoms with Gasteiger partial charge in [0.05, 0.1) is 13.2 Å². The maximum absolute atomic E-state index is 12.6. The number of hydrogen-bond donors (Lipinski definition) is 0. The molecule has 3 heterocycles. The van der Waals surface area contributed by atoms with Crippen LogP contribution in [0.3, 0.4) is 0 Å². The predicted octanol–water partition coefficient (Wildman–Crippen LogP) is 4.79. The molecule has 202 valence electrons. The minimum atomic E-state index is -4.76. The fourth-order valence-corrected chi connectivity index (χ4v) is 4.62. The third-order valence-electron chi connectivity index (χ3n) is 6.43. The average Bonchev–Trinajstić information content (AvgIpc) is 3.56. The van der Waals surface area contributed by atoms with Crippen LogP contribution in [0, 0.1) is 16.0 Å². The summed E-state index contributed by atoms with van der Waals surface area (Å²) in [6.07, 6.45) is 3.93. The van der Waals surface area contributed by atoms with Crippen LogP contribution >= 0.6 is 0 Å². The zero-order valence-corrected chi connectivity index (χ0v) is 20.2. The van der Waals surface area contributed by atoms with Gasteiger partial charge >= 0.3 is 18.2 Å². The van der Waals surface area contributed by atoms with Crippen molar-refractivity contribution in [3.8, 4) is 11.8 Å². The van der Waals surface area contributed by atoms with E-state index in [1.54, 1.807) is 24.5 Å². The summed E-state index contributed by atoms with van der Waals surface area (Å²) in [4.78, 5) is 25.1. The highest BCUT2D eigenvalue weighted by molar-refractivity contribution is 5.58. The molecule has 0 radical (unpaired) electrons. The molecule has 1 aliphatic carbocycles. The first-order chi connectivity index (χ1) is 18.2. The van der Waals surface area contributed by atoms with E-state index in [-0.39, 0.29) is 36.9 Å². The second-order valence-corrected chi connectivity index (χ2v) is 9.23. The molecule has 38 heavy (non-hydrogen) atoms. The van der Waals surface area contributed by atoms with Crippen molar-refractivity contribution in [2.75, 3.05) is 18.1 Å². The van der Waals surface area contributed by atoms with E-state index in [0.29, 0.717) is 36.2 Å². The number of fused-ring (bicyclic) bond motifs is 1. The highest BCUT2D eigenvalue weighted by atomic mass is 19.4. The first kappa shape index (κ1) is 25.7. The van der Waals surface area contributed by atoms with Crippen LogP contribution in [0.5, 0.6) is 11.8 Å². The molecule has 1 atom stereocenters. The van der Waals surface area contributed by atoms with Crippen LogP contribution in [0.25, 0.3) is 0 Å². The number of alkyl halides is 3. The first-order valence-corrected chi connectivity index (χ1v) is 12.1. The molecule has 2 aromatic heterocycles. The van der Waals surface area contributed by atoms with Gasteiger partial charge in [-0.15, -0.1) is 13.2 Å². The van der Waals surface area contributed by atoms with Crippen molar-refractivity contribution in [1.29, 1.82) is 0 Å². The number of anilines is 2. The van der Waals surface area contributed by atoms with E-state index in [9.17, 15) is 23.3 Å². The van der Waals surface area contributed by atoms with Gasteiger partial charge in [-0.25, -0.2) is 9.97 Å². The smallest absolute Gasteiger partial charge is 0.443 e. The number of hydrogen-bond acceptors (Lipinski definition) is 9. The molecular weight excluding hydrogens is 509 g/mol. The van der Waals surface area contributed by atoms with Crippen molar-refractivity contribution in [3.63, 3.8) is 0 Å². The second kappa shape index (κ2) is 10.8. The Hall–Kier alpha value is -3.94. The fraction of sp³-hybridized carbons (Fsp3) is 0.458. The third kappa shape index (κ3) is 6.30. The third-order valence-corrected chi connectivity index (χ3v) is 6.43. The lowest BCUT2D eigenvalue weighted by Crippen LogP contribution is -2.32. The van der Waals surface area contributed by atoms with E-state index >= 15 is 0 Å². The monoisotopic (exact) mass is 534 g/mol. The van der Waals surface area contributed by atoms with Crippen molar-refractivity contribution in [3.05, 3.63) is 58.5 Å². The van der Waals surface area contributed by atoms with Crippen molar-refractivity contribution < 1.29 is 32.3 Å². The second-order valence-electron chi connectivity index (χ2n) is 9.23. The summed E-state index contributed by atoms with van der Waals surface area (Å²) in [5, 5.41) is 10.9. The Morgan fingerprint density at radius 2 is 1.87 bits per heavy atom. The van der Waals surface area contributed by atoms with Gasteiger partial charge in [0.25, 0.3) is 0 Å². The Balaban J connectivity index is 1.24. The van der Waals surface area contributed by atoms with Crippen molar-refractivity contribution in [2.45, 2.75) is 51.3 Å². The predicted molar refractivity (Wildman–Crippen MR) is 127 cm³/mol. The standard InChI is InChI=1S/C24H25F3N6O5/c25-24(26,27)38-19-7-5-18(6-8-19)32(11-16-3-1-2-4-16)22-28-9-17(10-29-22)14-36-20-12-31-13-21(33(34)35)30-23(31)37-15-20/h5-10,13,16,20H,1-4,11-12,14-15H2/t20-/m0/s1. The number of nitrogens with zero attached hydrogens (tertiary/aromatic N) is 6. The zero-order valence-electron chi connectivity index (χ0n) is 20.2. The van der Waals surface area contributed by atoms with Gasteiger partial charge in [0.1, 0.15) is 24.7 Å². The molecule has 0 amide bonds. The van der Waals surface area contributed by atoms with Gasteiger partial charge in [0, 0.05) is 35.2 Å². The molecule has 2 aliphatic rings. The Labute approximate surface area is 215 Å². The highest BCUT2D eigenvalue weighted by Gasteiger charge is 2.31. The van der Waals surface area contributed by atoms with Crippen LogP contribution in [-0.2, 0) is 17.9 Å². The number of aromatic nitrogens is 4. The van der Waals surface area contributed by atoms with Crippen molar-refractivity contribution >= 4 is 17.5 Å². The summed E-state index contributed by atoms with van der Waals surface area (Å²) in [5.41, 5.74) is 1.38. The fourth-order valence-electron chi connectivity index (χ4n) is 4.62. The lowest BCUT2D eigenvalue weighted by atomic mass is 10.1. The largest absolute Gasteiger partial charge is 0.573 e. The number of benzene rings is 1. The normalized spacial score (nSPS) is 17.6. The van der Waals surface area contributed by atoms with Crippen LogP contribution < -0.4 is 14.4 Å². The molecule has 11 nitrogen and oxygen atoms in total. The van der Waals surface area contributed by atoms with E-state index in [0.717, 1.165) is 25.7 Å². The van der Waals surface area contributed by atoms with Crippen molar-refractivity contribution in [1.82, 2.24) is 19.5 Å². The summed E-state index contributed by atoms with van der Waals surface area (Å²) in [6.45, 7) is 1.41. The number of nitro groups is 1. The van der Waals surface area contributed by atoms with E-state index in [4.69, 9.17) is 9.47 Å². The quantitative estimate of drug-likeness (QED) is 0.282. The lowest BCUT2D eigenvalue weighted by Gasteiger charge is -2.26. The van der Waals surface area contributed by atoms with Crippen LogP contribution in [0.1, 0.15) is 31.2 Å². The van der Waals surface area contributed by atoms with E-state index in [2.05, 4.69) is 19.7 Å². The van der Waals surface area contributed by atoms with Crippen LogP contribution in [0.2, 0.25) is 0 Å². The minimum absolute atomic E-state index is 0.185. The molecular formula is C24H25F3N6O5. The zero-order chi connectivity index (χ0) is 26.7. The summed E-state index contributed by atoms with van der Waals surface area (Å²) in [6, 6.07) is 5.87. The average molecular weight is 534 g/mol. The molecule has 0 bridgehead atoms. The maximum Gasteiger partial charge on any atom is 0.573 e. The van der Waals surface area contributed by atoms with Gasteiger partial charge in [-0.1, -0.05) is 12.8 Å². The van der Waals surface area contributed by atoms with Crippen LogP contribution in [0.4, 0.5) is 30.6 Å². The molecule has 0 unspecified atom stereocenters.